The lowest BCUT2D eigenvalue weighted by atomic mass is 9.94. The molecule has 35 heavy (non-hydrogen) atoms. The molecule has 2 saturated heterocycles. The van der Waals surface area contributed by atoms with Gasteiger partial charge in [-0.3, -0.25) is 4.79 Å². The maximum absolute atomic E-state index is 15.3. The smallest absolute Gasteiger partial charge is 0.263 e. The van der Waals surface area contributed by atoms with Crippen molar-refractivity contribution in [2.75, 3.05) is 19.8 Å². The van der Waals surface area contributed by atoms with Gasteiger partial charge in [0.25, 0.3) is 5.85 Å². The molecule has 0 aromatic carbocycles. The number of unbranched alkanes of at least 4 members (excludes halogenated alkanes) is 5. The normalized spacial score (nSPS) is 40.0. The van der Waals surface area contributed by atoms with E-state index in [4.69, 9.17) is 18.9 Å². The molecule has 206 valence electrons. The van der Waals surface area contributed by atoms with Crippen molar-refractivity contribution in [2.45, 2.75) is 113 Å². The summed E-state index contributed by atoms with van der Waals surface area (Å²) in [6.45, 7) is 1.41. The van der Waals surface area contributed by atoms with Crippen LogP contribution in [0, 0.1) is 0 Å². The summed E-state index contributed by atoms with van der Waals surface area (Å²) in [4.78, 5) is 11.9. The number of aliphatic hydroxyl groups is 6. The van der Waals surface area contributed by atoms with E-state index in [9.17, 15) is 35.4 Å². The summed E-state index contributed by atoms with van der Waals surface area (Å²) in [7, 11) is 0. The van der Waals surface area contributed by atoms with Crippen LogP contribution in [-0.4, -0.2) is 117 Å². The van der Waals surface area contributed by atoms with Gasteiger partial charge in [0.15, 0.2) is 12.6 Å². The van der Waals surface area contributed by atoms with E-state index in [0.717, 1.165) is 32.1 Å². The Balaban J connectivity index is 2.19. The predicted octanol–water partition coefficient (Wildman–Crippen LogP) is -1.57. The predicted molar refractivity (Wildman–Crippen MR) is 117 cm³/mol. The topological polar surface area (TPSA) is 187 Å². The van der Waals surface area contributed by atoms with Crippen molar-refractivity contribution < 1.29 is 58.8 Å². The minimum absolute atomic E-state index is 0.136. The second-order valence-electron chi connectivity index (χ2n) is 9.04. The molecule has 2 fully saturated rings. The number of hydrogen-bond acceptors (Lipinski definition) is 11. The van der Waals surface area contributed by atoms with Crippen LogP contribution in [0.4, 0.5) is 4.39 Å². The van der Waals surface area contributed by atoms with Gasteiger partial charge in [0, 0.05) is 13.5 Å². The van der Waals surface area contributed by atoms with E-state index in [2.05, 4.69) is 12.2 Å². The molecule has 0 unspecified atom stereocenters. The zero-order valence-electron chi connectivity index (χ0n) is 20.2. The molecule has 0 spiro atoms. The maximum atomic E-state index is 15.3. The van der Waals surface area contributed by atoms with Crippen LogP contribution in [0.15, 0.2) is 0 Å². The lowest BCUT2D eigenvalue weighted by Gasteiger charge is -2.49. The van der Waals surface area contributed by atoms with Gasteiger partial charge in [-0.1, -0.05) is 39.0 Å². The maximum Gasteiger partial charge on any atom is 0.263 e. The Kier molecular flexibility index (Phi) is 12.2. The SMILES string of the molecule is CCCCCCCCO[C@@H]1O[C@](F)(CO)[C@@H](O)[C@H](O[C@@H]2O[C@H](CO)[C@H](O)[C@H](O)[C@H]2O)[C@H]1NC(C)=O. The van der Waals surface area contributed by atoms with Crippen LogP contribution in [-0.2, 0) is 23.7 Å². The van der Waals surface area contributed by atoms with Crippen LogP contribution in [0.2, 0.25) is 0 Å². The number of nitrogens with one attached hydrogen (secondary N) is 1. The van der Waals surface area contributed by atoms with Crippen molar-refractivity contribution in [2.24, 2.45) is 0 Å². The lowest BCUT2D eigenvalue weighted by Crippen LogP contribution is -2.71. The number of aliphatic hydroxyl groups excluding tert-OH is 6. The average Bonchev–Trinajstić information content (AvgIpc) is 2.83. The van der Waals surface area contributed by atoms with Gasteiger partial charge in [0.1, 0.15) is 49.3 Å². The van der Waals surface area contributed by atoms with Crippen molar-refractivity contribution >= 4 is 5.91 Å². The summed E-state index contributed by atoms with van der Waals surface area (Å²) in [5.74, 6) is -3.63. The third kappa shape index (κ3) is 7.74. The molecule has 2 aliphatic heterocycles. The summed E-state index contributed by atoms with van der Waals surface area (Å²) >= 11 is 0. The monoisotopic (exact) mass is 513 g/mol. The van der Waals surface area contributed by atoms with E-state index in [1.54, 1.807) is 0 Å². The Labute approximate surface area is 203 Å². The van der Waals surface area contributed by atoms with Gasteiger partial charge in [-0.15, -0.1) is 0 Å². The first-order chi connectivity index (χ1) is 16.6. The first-order valence-corrected chi connectivity index (χ1v) is 12.1. The van der Waals surface area contributed by atoms with Crippen LogP contribution < -0.4 is 5.32 Å². The molecule has 2 rings (SSSR count). The van der Waals surface area contributed by atoms with Gasteiger partial charge in [-0.25, -0.2) is 4.39 Å². The first kappa shape index (κ1) is 30.2. The molecule has 0 bridgehead atoms. The van der Waals surface area contributed by atoms with Crippen molar-refractivity contribution in [3.63, 3.8) is 0 Å². The van der Waals surface area contributed by atoms with Gasteiger partial charge < -0.3 is 54.9 Å². The molecule has 12 nitrogen and oxygen atoms in total. The molecule has 13 heteroatoms. The highest BCUT2D eigenvalue weighted by Crippen LogP contribution is 2.35. The van der Waals surface area contributed by atoms with E-state index in [-0.39, 0.29) is 6.61 Å². The lowest BCUT2D eigenvalue weighted by molar-refractivity contribution is -0.384. The Morgan fingerprint density at radius 1 is 1.00 bits per heavy atom. The highest BCUT2D eigenvalue weighted by Gasteiger charge is 2.58. The Morgan fingerprint density at radius 3 is 2.26 bits per heavy atom. The molecule has 7 N–H and O–H groups in total. The van der Waals surface area contributed by atoms with Gasteiger partial charge in [-0.05, 0) is 6.42 Å². The zero-order chi connectivity index (χ0) is 26.2. The molecule has 0 aromatic rings. The van der Waals surface area contributed by atoms with E-state index < -0.39 is 80.2 Å². The zero-order valence-corrected chi connectivity index (χ0v) is 20.2. The summed E-state index contributed by atoms with van der Waals surface area (Å²) in [5, 5.41) is 62.4. The molecular formula is C22H40FNO11. The van der Waals surface area contributed by atoms with Crippen LogP contribution in [0.3, 0.4) is 0 Å². The van der Waals surface area contributed by atoms with Crippen molar-refractivity contribution in [1.82, 2.24) is 5.32 Å². The fraction of sp³-hybridized carbons (Fsp3) is 0.955. The van der Waals surface area contributed by atoms with Crippen molar-refractivity contribution in [1.29, 1.82) is 0 Å². The van der Waals surface area contributed by atoms with E-state index in [1.165, 1.54) is 6.92 Å². The fourth-order valence-electron chi connectivity index (χ4n) is 4.16. The third-order valence-corrected chi connectivity index (χ3v) is 6.22. The highest BCUT2D eigenvalue weighted by atomic mass is 19.2. The van der Waals surface area contributed by atoms with E-state index in [1.807, 2.05) is 0 Å². The summed E-state index contributed by atoms with van der Waals surface area (Å²) in [6.07, 6.45) is -7.92. The van der Waals surface area contributed by atoms with Crippen LogP contribution in [0.1, 0.15) is 52.4 Å². The van der Waals surface area contributed by atoms with Gasteiger partial charge in [-0.2, -0.15) is 0 Å². The number of carbonyl (C=O) groups excluding carboxylic acids is 1. The van der Waals surface area contributed by atoms with Gasteiger partial charge in [0.05, 0.1) is 6.61 Å². The number of ether oxygens (including phenoxy) is 4. The van der Waals surface area contributed by atoms with Gasteiger partial charge in [0.2, 0.25) is 5.91 Å². The molecule has 2 heterocycles. The molecule has 0 aromatic heterocycles. The van der Waals surface area contributed by atoms with Gasteiger partial charge >= 0.3 is 0 Å². The number of amides is 1. The van der Waals surface area contributed by atoms with Crippen LogP contribution >= 0.6 is 0 Å². The molecule has 1 amide bonds. The van der Waals surface area contributed by atoms with E-state index >= 15 is 4.39 Å². The number of hydrogen-bond donors (Lipinski definition) is 7. The average molecular weight is 514 g/mol. The highest BCUT2D eigenvalue weighted by molar-refractivity contribution is 5.73. The quantitative estimate of drug-likeness (QED) is 0.141. The van der Waals surface area contributed by atoms with Crippen molar-refractivity contribution in [3.8, 4) is 0 Å². The molecule has 2 aliphatic rings. The molecule has 10 atom stereocenters. The number of carbonyl (C=O) groups is 1. The molecule has 0 saturated carbocycles. The number of rotatable bonds is 13. The minimum Gasteiger partial charge on any atom is -0.394 e. The Bertz CT molecular complexity index is 645. The standard InChI is InChI=1S/C22H40FNO11/c1-3-4-5-6-7-8-9-32-20-14(24-12(2)27)18(19(31)22(23,11-26)35-20)34-21-17(30)16(29)15(28)13(10-25)33-21/h13-21,25-26,28-31H,3-11H2,1-2H3,(H,24,27)/t13-,14-,15+,16+,17-,18-,19+,20-,21+,22-/m1/s1. The van der Waals surface area contributed by atoms with Crippen molar-refractivity contribution in [3.05, 3.63) is 0 Å². The van der Waals surface area contributed by atoms with Crippen LogP contribution in [0.5, 0.6) is 0 Å². The first-order valence-electron chi connectivity index (χ1n) is 12.1. The minimum atomic E-state index is -3.04. The summed E-state index contributed by atoms with van der Waals surface area (Å²) in [6, 6.07) is -1.30. The molecule has 0 radical (unpaired) electrons. The largest absolute Gasteiger partial charge is 0.394 e. The fourth-order valence-corrected chi connectivity index (χ4v) is 4.16. The Morgan fingerprint density at radius 2 is 1.66 bits per heavy atom. The number of alkyl halides is 1. The Hall–Kier alpha value is -1.00. The van der Waals surface area contributed by atoms with E-state index in [0.29, 0.717) is 6.42 Å². The second-order valence-corrected chi connectivity index (χ2v) is 9.04. The third-order valence-electron chi connectivity index (χ3n) is 6.22. The van der Waals surface area contributed by atoms with Crippen LogP contribution in [0.25, 0.3) is 0 Å². The molecule has 0 aliphatic carbocycles. The summed E-state index contributed by atoms with van der Waals surface area (Å²) in [5.41, 5.74) is 0. The number of halogens is 1. The summed E-state index contributed by atoms with van der Waals surface area (Å²) < 4.78 is 37.1. The molecular weight excluding hydrogens is 473 g/mol. The second kappa shape index (κ2) is 14.1.